The molecule has 1 aliphatic heterocycles. The molecular formula is C9H9ClO2. The van der Waals surface area contributed by atoms with Crippen LogP contribution in [0.4, 0.5) is 0 Å². The Hall–Kier alpha value is -0.730. The Balaban J connectivity index is 2.47. The van der Waals surface area contributed by atoms with Crippen molar-refractivity contribution >= 4 is 11.6 Å². The summed E-state index contributed by atoms with van der Waals surface area (Å²) in [5.74, 6) is 0.748. The highest BCUT2D eigenvalue weighted by molar-refractivity contribution is 6.30. The van der Waals surface area contributed by atoms with Crippen LogP contribution >= 0.6 is 11.6 Å². The van der Waals surface area contributed by atoms with Crippen molar-refractivity contribution in [3.63, 3.8) is 0 Å². The van der Waals surface area contributed by atoms with Gasteiger partial charge in [-0.1, -0.05) is 11.6 Å². The summed E-state index contributed by atoms with van der Waals surface area (Å²) in [6.45, 7) is 0.579. The molecule has 0 aliphatic carbocycles. The van der Waals surface area contributed by atoms with E-state index in [1.807, 2.05) is 0 Å². The molecule has 1 N–H and O–H groups in total. The Morgan fingerprint density at radius 2 is 2.33 bits per heavy atom. The largest absolute Gasteiger partial charge is 0.493 e. The van der Waals surface area contributed by atoms with E-state index in [2.05, 4.69) is 0 Å². The smallest absolute Gasteiger partial charge is 0.125 e. The van der Waals surface area contributed by atoms with Gasteiger partial charge < -0.3 is 9.84 Å². The van der Waals surface area contributed by atoms with Crippen molar-refractivity contribution in [2.75, 3.05) is 6.61 Å². The number of aliphatic hydroxyl groups excluding tert-OH is 1. The molecular weight excluding hydrogens is 176 g/mol. The second-order valence-corrected chi connectivity index (χ2v) is 3.27. The first-order valence-electron chi connectivity index (χ1n) is 3.87. The summed E-state index contributed by atoms with van der Waals surface area (Å²) in [6.07, 6.45) is 0.223. The molecule has 0 saturated heterocycles. The van der Waals surface area contributed by atoms with E-state index < -0.39 is 6.10 Å². The van der Waals surface area contributed by atoms with Gasteiger partial charge in [-0.2, -0.15) is 0 Å². The van der Waals surface area contributed by atoms with Crippen LogP contribution < -0.4 is 4.74 Å². The molecule has 64 valence electrons. The summed E-state index contributed by atoms with van der Waals surface area (Å²) in [7, 11) is 0. The maximum Gasteiger partial charge on any atom is 0.125 e. The molecule has 1 heterocycles. The SMILES string of the molecule is O[C@H]1CCOc2ccc(Cl)cc21. The normalized spacial score (nSPS) is 21.3. The molecule has 0 fully saturated rings. The molecule has 0 unspecified atom stereocenters. The summed E-state index contributed by atoms with van der Waals surface area (Å²) in [4.78, 5) is 0. The number of ether oxygens (including phenoxy) is 1. The van der Waals surface area contributed by atoms with E-state index in [-0.39, 0.29) is 0 Å². The van der Waals surface area contributed by atoms with E-state index in [0.29, 0.717) is 18.1 Å². The van der Waals surface area contributed by atoms with Gasteiger partial charge in [-0.15, -0.1) is 0 Å². The predicted octanol–water partition coefficient (Wildman–Crippen LogP) is 2.16. The molecule has 3 heteroatoms. The van der Waals surface area contributed by atoms with E-state index in [1.54, 1.807) is 18.2 Å². The first kappa shape index (κ1) is 7.90. The van der Waals surface area contributed by atoms with Gasteiger partial charge in [0.2, 0.25) is 0 Å². The summed E-state index contributed by atoms with van der Waals surface area (Å²) >= 11 is 5.78. The minimum absolute atomic E-state index is 0.424. The first-order chi connectivity index (χ1) is 5.77. The van der Waals surface area contributed by atoms with Gasteiger partial charge in [0.1, 0.15) is 5.75 Å². The lowest BCUT2D eigenvalue weighted by molar-refractivity contribution is 0.115. The zero-order valence-electron chi connectivity index (χ0n) is 6.46. The fourth-order valence-corrected chi connectivity index (χ4v) is 1.53. The number of benzene rings is 1. The van der Waals surface area contributed by atoms with Crippen LogP contribution in [0.2, 0.25) is 5.02 Å². The highest BCUT2D eigenvalue weighted by Gasteiger charge is 2.18. The van der Waals surface area contributed by atoms with Gasteiger partial charge in [-0.3, -0.25) is 0 Å². The molecule has 12 heavy (non-hydrogen) atoms. The standard InChI is InChI=1S/C9H9ClO2/c10-6-1-2-9-7(5-6)8(11)3-4-12-9/h1-2,5,8,11H,3-4H2/t8-/m0/s1. The van der Waals surface area contributed by atoms with E-state index in [9.17, 15) is 5.11 Å². The van der Waals surface area contributed by atoms with E-state index in [4.69, 9.17) is 16.3 Å². The minimum Gasteiger partial charge on any atom is -0.493 e. The third kappa shape index (κ3) is 1.28. The second kappa shape index (κ2) is 2.96. The Kier molecular flexibility index (Phi) is 1.95. The highest BCUT2D eigenvalue weighted by Crippen LogP contribution is 2.33. The van der Waals surface area contributed by atoms with Gasteiger partial charge in [0.25, 0.3) is 0 Å². The van der Waals surface area contributed by atoms with Crippen LogP contribution in [0.15, 0.2) is 18.2 Å². The summed E-state index contributed by atoms with van der Waals surface area (Å²) in [5, 5.41) is 10.2. The Morgan fingerprint density at radius 1 is 1.50 bits per heavy atom. The van der Waals surface area contributed by atoms with Crippen molar-refractivity contribution in [3.05, 3.63) is 28.8 Å². The van der Waals surface area contributed by atoms with Crippen LogP contribution in [0.1, 0.15) is 18.1 Å². The van der Waals surface area contributed by atoms with Gasteiger partial charge in [0.15, 0.2) is 0 Å². The quantitative estimate of drug-likeness (QED) is 0.670. The number of aliphatic hydroxyl groups is 1. The van der Waals surface area contributed by atoms with E-state index in [1.165, 1.54) is 0 Å². The lowest BCUT2D eigenvalue weighted by Crippen LogP contribution is -2.13. The first-order valence-corrected chi connectivity index (χ1v) is 4.25. The summed E-state index contributed by atoms with van der Waals surface area (Å²) < 4.78 is 5.33. The predicted molar refractivity (Wildman–Crippen MR) is 46.5 cm³/mol. The van der Waals surface area contributed by atoms with Crippen molar-refractivity contribution in [1.82, 2.24) is 0 Å². The molecule has 0 radical (unpaired) electrons. The van der Waals surface area contributed by atoms with Gasteiger partial charge in [0.05, 0.1) is 12.7 Å². The van der Waals surface area contributed by atoms with Gasteiger partial charge in [0, 0.05) is 17.0 Å². The van der Waals surface area contributed by atoms with Crippen LogP contribution in [0.25, 0.3) is 0 Å². The molecule has 0 saturated carbocycles. The molecule has 0 spiro atoms. The van der Waals surface area contributed by atoms with Crippen LogP contribution in [-0.4, -0.2) is 11.7 Å². The lowest BCUT2D eigenvalue weighted by Gasteiger charge is -2.21. The van der Waals surface area contributed by atoms with Crippen molar-refractivity contribution < 1.29 is 9.84 Å². The third-order valence-corrected chi connectivity index (χ3v) is 2.21. The van der Waals surface area contributed by atoms with E-state index in [0.717, 1.165) is 11.3 Å². The molecule has 1 atom stereocenters. The van der Waals surface area contributed by atoms with Gasteiger partial charge >= 0.3 is 0 Å². The molecule has 2 rings (SSSR count). The maximum absolute atomic E-state index is 9.55. The van der Waals surface area contributed by atoms with Crippen molar-refractivity contribution in [3.8, 4) is 5.75 Å². The molecule has 1 aromatic carbocycles. The summed E-state index contributed by atoms with van der Waals surface area (Å²) in [6, 6.07) is 5.30. The maximum atomic E-state index is 9.55. The van der Waals surface area contributed by atoms with Gasteiger partial charge in [-0.25, -0.2) is 0 Å². The molecule has 2 nitrogen and oxygen atoms in total. The van der Waals surface area contributed by atoms with Crippen molar-refractivity contribution in [2.24, 2.45) is 0 Å². The Labute approximate surface area is 75.7 Å². The summed E-state index contributed by atoms with van der Waals surface area (Å²) in [5.41, 5.74) is 0.800. The van der Waals surface area contributed by atoms with Crippen LogP contribution in [0, 0.1) is 0 Å². The molecule has 0 bridgehead atoms. The monoisotopic (exact) mass is 184 g/mol. The Morgan fingerprint density at radius 3 is 3.17 bits per heavy atom. The number of hydrogen-bond acceptors (Lipinski definition) is 2. The van der Waals surface area contributed by atoms with Crippen molar-refractivity contribution in [1.29, 1.82) is 0 Å². The number of rotatable bonds is 0. The minimum atomic E-state index is -0.424. The molecule has 0 amide bonds. The number of hydrogen-bond donors (Lipinski definition) is 1. The zero-order valence-corrected chi connectivity index (χ0v) is 7.21. The van der Waals surface area contributed by atoms with E-state index >= 15 is 0 Å². The Bertz CT molecular complexity index is 299. The fourth-order valence-electron chi connectivity index (χ4n) is 1.35. The molecule has 1 aromatic rings. The lowest BCUT2D eigenvalue weighted by atomic mass is 10.0. The average molecular weight is 185 g/mol. The second-order valence-electron chi connectivity index (χ2n) is 2.84. The topological polar surface area (TPSA) is 29.5 Å². The average Bonchev–Trinajstić information content (AvgIpc) is 2.07. The number of fused-ring (bicyclic) bond motifs is 1. The van der Waals surface area contributed by atoms with Crippen molar-refractivity contribution in [2.45, 2.75) is 12.5 Å². The highest BCUT2D eigenvalue weighted by atomic mass is 35.5. The van der Waals surface area contributed by atoms with Crippen LogP contribution in [0.3, 0.4) is 0 Å². The number of halogens is 1. The third-order valence-electron chi connectivity index (χ3n) is 1.98. The van der Waals surface area contributed by atoms with Gasteiger partial charge in [-0.05, 0) is 18.2 Å². The zero-order chi connectivity index (χ0) is 8.55. The molecule has 0 aromatic heterocycles. The van der Waals surface area contributed by atoms with Crippen LogP contribution in [0.5, 0.6) is 5.75 Å². The molecule has 1 aliphatic rings. The fraction of sp³-hybridized carbons (Fsp3) is 0.333. The van der Waals surface area contributed by atoms with Crippen LogP contribution in [-0.2, 0) is 0 Å².